The van der Waals surface area contributed by atoms with Crippen LogP contribution in [0.3, 0.4) is 0 Å². The van der Waals surface area contributed by atoms with Gasteiger partial charge in [0.2, 0.25) is 11.8 Å². The van der Waals surface area contributed by atoms with Crippen LogP contribution < -0.4 is 15.3 Å². The van der Waals surface area contributed by atoms with Gasteiger partial charge in [-0.3, -0.25) is 9.59 Å². The van der Waals surface area contributed by atoms with Gasteiger partial charge in [0.1, 0.15) is 18.1 Å². The number of fused-ring (bicyclic) bond motifs is 3. The van der Waals surface area contributed by atoms with Crippen LogP contribution in [0, 0.1) is 17.8 Å². The fourth-order valence-corrected chi connectivity index (χ4v) is 13.9. The molecule has 14 heteroatoms. The molecule has 4 atom stereocenters. The zero-order chi connectivity index (χ0) is 43.2. The van der Waals surface area contributed by atoms with Crippen LogP contribution >= 0.6 is 0 Å². The van der Waals surface area contributed by atoms with Gasteiger partial charge in [-0.2, -0.15) is 26.3 Å². The van der Waals surface area contributed by atoms with E-state index < -0.39 is 78.2 Å². The van der Waals surface area contributed by atoms with E-state index in [1.165, 1.54) is 0 Å². The number of anilines is 1. The van der Waals surface area contributed by atoms with Crippen molar-refractivity contribution < 1.29 is 54.6 Å². The SMILES string of the molecule is CC/C(=C\c1ccc(CO)o1)CC[C@H]1OC[C@H]2C1=C(CO[Si](c1ccccc1)(c1ccccc1)C(C)(C)C)C[C@H]1C(=O)N(c3cc(C(F)(F)F)cc(C(F)(F)F)c3)C(=O)[C@H]12. The number of ether oxygens (including phenoxy) is 1. The summed E-state index contributed by atoms with van der Waals surface area (Å²) >= 11 is 0. The number of aliphatic hydroxyl groups excluding tert-OH is 1. The number of imide groups is 1. The lowest BCUT2D eigenvalue weighted by molar-refractivity contribution is -0.143. The van der Waals surface area contributed by atoms with Crippen molar-refractivity contribution >= 4 is 42.3 Å². The molecule has 0 saturated carbocycles. The van der Waals surface area contributed by atoms with Crippen molar-refractivity contribution in [2.75, 3.05) is 18.1 Å². The standard InChI is InChI=1S/C46H47F6NO6Si/c1-5-28(20-33-17-18-34(25-54)59-33)16-19-39-40-29(26-58-60(44(2,3)4,35-12-8-6-9-13-35)36-14-10-7-11-15-36)21-37-41(38(40)27-57-39)43(56)53(42(37)55)32-23-30(45(47,48)49)22-31(24-32)46(50,51)52/h6-15,17-18,20,22-24,37-39,41,54H,5,16,19,21,25-27H2,1-4H3/b28-20+/t37-,38+,39-,41-/m1/s1. The molecule has 3 aliphatic rings. The van der Waals surface area contributed by atoms with E-state index in [4.69, 9.17) is 13.6 Å². The van der Waals surface area contributed by atoms with Gasteiger partial charge < -0.3 is 18.7 Å². The highest BCUT2D eigenvalue weighted by Gasteiger charge is 2.58. The third kappa shape index (κ3) is 8.18. The summed E-state index contributed by atoms with van der Waals surface area (Å²) in [7, 11) is -3.15. The number of benzene rings is 3. The molecule has 60 heavy (non-hydrogen) atoms. The summed E-state index contributed by atoms with van der Waals surface area (Å²) in [6.07, 6.45) is -7.23. The molecule has 0 unspecified atom stereocenters. The highest BCUT2D eigenvalue weighted by Crippen LogP contribution is 2.52. The molecule has 0 bridgehead atoms. The van der Waals surface area contributed by atoms with Crippen molar-refractivity contribution in [3.05, 3.63) is 130 Å². The van der Waals surface area contributed by atoms with E-state index in [2.05, 4.69) is 20.8 Å². The second-order valence-electron chi connectivity index (χ2n) is 16.7. The molecule has 2 saturated heterocycles. The number of allylic oxidation sites excluding steroid dienone is 1. The maximum Gasteiger partial charge on any atom is 0.416 e. The number of carbonyl (C=O) groups excluding carboxylic acids is 2. The zero-order valence-electron chi connectivity index (χ0n) is 33.7. The van der Waals surface area contributed by atoms with Crippen molar-refractivity contribution in [3.8, 4) is 0 Å². The molecule has 3 heterocycles. The molecule has 7 rings (SSSR count). The van der Waals surface area contributed by atoms with E-state index >= 15 is 0 Å². The molecule has 0 radical (unpaired) electrons. The number of carbonyl (C=O) groups is 2. The fourth-order valence-electron chi connectivity index (χ4n) is 9.31. The summed E-state index contributed by atoms with van der Waals surface area (Å²) in [5.74, 6) is -3.52. The van der Waals surface area contributed by atoms with Gasteiger partial charge in [-0.05, 0) is 88.6 Å². The summed E-state index contributed by atoms with van der Waals surface area (Å²) in [5.41, 5.74) is -1.46. The van der Waals surface area contributed by atoms with E-state index in [-0.39, 0.29) is 32.3 Å². The number of nitrogens with zero attached hydrogens (tertiary/aromatic N) is 1. The van der Waals surface area contributed by atoms with Gasteiger partial charge in [-0.15, -0.1) is 0 Å². The Labute approximate surface area is 345 Å². The van der Waals surface area contributed by atoms with Gasteiger partial charge in [-0.25, -0.2) is 4.90 Å². The largest absolute Gasteiger partial charge is 0.459 e. The van der Waals surface area contributed by atoms with E-state index in [1.54, 1.807) is 12.1 Å². The second-order valence-corrected chi connectivity index (χ2v) is 21.0. The van der Waals surface area contributed by atoms with Gasteiger partial charge in [0.25, 0.3) is 8.32 Å². The molecule has 0 spiro atoms. The van der Waals surface area contributed by atoms with Gasteiger partial charge in [0.05, 0.1) is 48.0 Å². The number of alkyl halides is 6. The smallest absolute Gasteiger partial charge is 0.416 e. The molecule has 7 nitrogen and oxygen atoms in total. The topological polar surface area (TPSA) is 89.2 Å². The Hall–Kier alpha value is -4.76. The lowest BCUT2D eigenvalue weighted by Gasteiger charge is -2.44. The Morgan fingerprint density at radius 3 is 1.97 bits per heavy atom. The minimum Gasteiger partial charge on any atom is -0.459 e. The minimum atomic E-state index is -5.18. The van der Waals surface area contributed by atoms with E-state index in [1.807, 2.05) is 73.7 Å². The van der Waals surface area contributed by atoms with Crippen LogP contribution in [0.5, 0.6) is 0 Å². The van der Waals surface area contributed by atoms with Crippen LogP contribution in [0.15, 0.2) is 112 Å². The summed E-state index contributed by atoms with van der Waals surface area (Å²) in [6.45, 7) is 8.22. The first-order chi connectivity index (χ1) is 28.4. The number of amides is 2. The predicted octanol–water partition coefficient (Wildman–Crippen LogP) is 9.48. The predicted molar refractivity (Wildman–Crippen MR) is 216 cm³/mol. The van der Waals surface area contributed by atoms with Crippen molar-refractivity contribution in [3.63, 3.8) is 0 Å². The lowest BCUT2D eigenvalue weighted by Crippen LogP contribution is -2.66. The molecule has 1 aromatic heterocycles. The average Bonchev–Trinajstić information content (AvgIpc) is 3.92. The molecule has 2 amide bonds. The molecule has 3 aromatic carbocycles. The molecule has 2 fully saturated rings. The van der Waals surface area contributed by atoms with Crippen LogP contribution in [0.25, 0.3) is 6.08 Å². The van der Waals surface area contributed by atoms with Crippen molar-refractivity contribution in [2.24, 2.45) is 17.8 Å². The van der Waals surface area contributed by atoms with E-state index in [0.717, 1.165) is 27.1 Å². The lowest BCUT2D eigenvalue weighted by atomic mass is 9.69. The summed E-state index contributed by atoms with van der Waals surface area (Å²) in [5, 5.41) is 11.1. The number of halogens is 6. The number of hydrogen-bond donors (Lipinski definition) is 1. The first kappa shape index (κ1) is 43.3. The van der Waals surface area contributed by atoms with Crippen molar-refractivity contribution in [1.29, 1.82) is 0 Å². The fraction of sp³-hybridized carbons (Fsp3) is 0.391. The zero-order valence-corrected chi connectivity index (χ0v) is 34.7. The Morgan fingerprint density at radius 2 is 1.45 bits per heavy atom. The monoisotopic (exact) mass is 851 g/mol. The molecule has 2 aliphatic heterocycles. The Balaban J connectivity index is 1.30. The Bertz CT molecular complexity index is 2210. The highest BCUT2D eigenvalue weighted by molar-refractivity contribution is 6.99. The third-order valence-corrected chi connectivity index (χ3v) is 17.1. The van der Waals surface area contributed by atoms with Gasteiger partial charge in [0.15, 0.2) is 0 Å². The normalized spacial score (nSPS) is 21.5. The summed E-state index contributed by atoms with van der Waals surface area (Å²) in [6, 6.07) is 24.2. The van der Waals surface area contributed by atoms with Gasteiger partial charge in [-0.1, -0.05) is 93.9 Å². The third-order valence-electron chi connectivity index (χ3n) is 12.1. The average molecular weight is 852 g/mol. The van der Waals surface area contributed by atoms with E-state index in [9.17, 15) is 41.0 Å². The maximum absolute atomic E-state index is 14.4. The quantitative estimate of drug-likeness (QED) is 0.0662. The van der Waals surface area contributed by atoms with E-state index in [0.29, 0.717) is 47.8 Å². The number of hydrogen-bond acceptors (Lipinski definition) is 6. The second kappa shape index (κ2) is 16.6. The van der Waals surface area contributed by atoms with Crippen molar-refractivity contribution in [1.82, 2.24) is 0 Å². The molecule has 318 valence electrons. The van der Waals surface area contributed by atoms with Crippen LogP contribution in [-0.4, -0.2) is 44.6 Å². The number of aliphatic hydroxyl groups is 1. The minimum absolute atomic E-state index is 0.00747. The van der Waals surface area contributed by atoms with Crippen molar-refractivity contribution in [2.45, 2.75) is 83.5 Å². The highest BCUT2D eigenvalue weighted by atomic mass is 28.4. The first-order valence-corrected chi connectivity index (χ1v) is 21.9. The maximum atomic E-state index is 14.4. The van der Waals surface area contributed by atoms with Crippen LogP contribution in [-0.2, 0) is 37.7 Å². The number of rotatable bonds is 12. The van der Waals surface area contributed by atoms with Gasteiger partial charge >= 0.3 is 12.4 Å². The molecular weight excluding hydrogens is 805 g/mol. The molecule has 1 N–H and O–H groups in total. The molecule has 1 aliphatic carbocycles. The van der Waals surface area contributed by atoms with Gasteiger partial charge in [0, 0.05) is 5.92 Å². The summed E-state index contributed by atoms with van der Waals surface area (Å²) in [4.78, 5) is 29.3. The first-order valence-electron chi connectivity index (χ1n) is 20.0. The van der Waals surface area contributed by atoms with Crippen LogP contribution in [0.1, 0.15) is 76.0 Å². The summed E-state index contributed by atoms with van der Waals surface area (Å²) < 4.78 is 103. The number of furan rings is 1. The van der Waals surface area contributed by atoms with Crippen LogP contribution in [0.2, 0.25) is 5.04 Å². The molecule has 4 aromatic rings. The Morgan fingerprint density at radius 1 is 0.850 bits per heavy atom. The van der Waals surface area contributed by atoms with Crippen LogP contribution in [0.4, 0.5) is 32.0 Å². The molecular formula is C46H47F6NO6Si. The Kier molecular flexibility index (Phi) is 12.0.